The Kier molecular flexibility index (Phi) is 3.26. The minimum atomic E-state index is -3.93. The van der Waals surface area contributed by atoms with Crippen LogP contribution < -0.4 is 4.18 Å². The third-order valence-electron chi connectivity index (χ3n) is 2.90. The van der Waals surface area contributed by atoms with Gasteiger partial charge in [-0.25, -0.2) is 9.97 Å². The molecule has 0 aliphatic rings. The van der Waals surface area contributed by atoms with Gasteiger partial charge in [-0.3, -0.25) is 4.98 Å². The number of nitrogens with zero attached hydrogens (tertiary/aromatic N) is 3. The average molecular weight is 301 g/mol. The summed E-state index contributed by atoms with van der Waals surface area (Å²) >= 11 is 0. The van der Waals surface area contributed by atoms with Crippen LogP contribution in [0.4, 0.5) is 0 Å². The van der Waals surface area contributed by atoms with Gasteiger partial charge in [-0.15, -0.1) is 0 Å². The largest absolute Gasteiger partial charge is 0.357 e. The van der Waals surface area contributed by atoms with Crippen molar-refractivity contribution >= 4 is 21.0 Å². The predicted molar refractivity (Wildman–Crippen MR) is 76.3 cm³/mol. The summed E-state index contributed by atoms with van der Waals surface area (Å²) in [5.41, 5.74) is 1.48. The Balaban J connectivity index is 2.03. The zero-order valence-electron chi connectivity index (χ0n) is 11.1. The lowest BCUT2D eigenvalue weighted by atomic mass is 10.2. The Morgan fingerprint density at radius 3 is 2.57 bits per heavy atom. The van der Waals surface area contributed by atoms with Crippen LogP contribution >= 0.6 is 0 Å². The van der Waals surface area contributed by atoms with E-state index in [-0.39, 0.29) is 10.8 Å². The van der Waals surface area contributed by atoms with E-state index in [2.05, 4.69) is 15.0 Å². The second-order valence-corrected chi connectivity index (χ2v) is 5.97. The molecule has 0 bridgehead atoms. The summed E-state index contributed by atoms with van der Waals surface area (Å²) < 4.78 is 29.7. The van der Waals surface area contributed by atoms with Crippen LogP contribution in [-0.2, 0) is 10.1 Å². The van der Waals surface area contributed by atoms with Gasteiger partial charge in [-0.2, -0.15) is 8.42 Å². The molecular formula is C14H11N3O3S. The molecule has 0 saturated carbocycles. The maximum atomic E-state index is 12.3. The van der Waals surface area contributed by atoms with E-state index in [0.29, 0.717) is 10.9 Å². The smallest absolute Gasteiger partial charge is 0.340 e. The number of hydrogen-bond acceptors (Lipinski definition) is 6. The molecular weight excluding hydrogens is 290 g/mol. The summed E-state index contributed by atoms with van der Waals surface area (Å²) in [7, 11) is -3.93. The minimum absolute atomic E-state index is 0.0111. The third-order valence-corrected chi connectivity index (χ3v) is 4.13. The van der Waals surface area contributed by atoms with Crippen LogP contribution in [0.5, 0.6) is 5.88 Å². The summed E-state index contributed by atoms with van der Waals surface area (Å²) in [6.07, 6.45) is 4.28. The molecule has 2 aromatic heterocycles. The fourth-order valence-corrected chi connectivity index (χ4v) is 2.71. The third kappa shape index (κ3) is 2.68. The molecule has 0 radical (unpaired) electrons. The van der Waals surface area contributed by atoms with Crippen LogP contribution in [0.2, 0.25) is 0 Å². The minimum Gasteiger partial charge on any atom is -0.357 e. The molecule has 0 amide bonds. The first-order chi connectivity index (χ1) is 10.1. The van der Waals surface area contributed by atoms with Gasteiger partial charge in [0.25, 0.3) is 0 Å². The van der Waals surface area contributed by atoms with Gasteiger partial charge in [-0.1, -0.05) is 17.7 Å². The summed E-state index contributed by atoms with van der Waals surface area (Å²) in [6, 6.07) is 8.01. The van der Waals surface area contributed by atoms with E-state index in [1.54, 1.807) is 18.2 Å². The fourth-order valence-electron chi connectivity index (χ4n) is 1.81. The topological polar surface area (TPSA) is 82.0 Å². The van der Waals surface area contributed by atoms with Crippen molar-refractivity contribution in [2.75, 3.05) is 0 Å². The monoisotopic (exact) mass is 301 g/mol. The van der Waals surface area contributed by atoms with Crippen LogP contribution in [-0.4, -0.2) is 23.4 Å². The van der Waals surface area contributed by atoms with Crippen molar-refractivity contribution in [3.63, 3.8) is 0 Å². The lowest BCUT2D eigenvalue weighted by Gasteiger charge is -2.08. The normalized spacial score (nSPS) is 11.5. The van der Waals surface area contributed by atoms with E-state index in [1.165, 1.54) is 30.9 Å². The van der Waals surface area contributed by atoms with E-state index in [0.717, 1.165) is 5.56 Å². The van der Waals surface area contributed by atoms with Crippen LogP contribution in [0.1, 0.15) is 5.56 Å². The molecule has 2 heterocycles. The standard InChI is InChI=1S/C14H11N3O3S/c1-10-2-4-11(5-3-10)21(18,19)20-14-12-6-7-15-8-13(12)16-9-17-14/h2-9H,1H3. The molecule has 0 fully saturated rings. The van der Waals surface area contributed by atoms with E-state index in [1.807, 2.05) is 6.92 Å². The Bertz CT molecular complexity index is 887. The highest BCUT2D eigenvalue weighted by Crippen LogP contribution is 2.23. The molecule has 6 nitrogen and oxygen atoms in total. The highest BCUT2D eigenvalue weighted by Gasteiger charge is 2.18. The number of fused-ring (bicyclic) bond motifs is 1. The van der Waals surface area contributed by atoms with Crippen molar-refractivity contribution in [1.29, 1.82) is 0 Å². The van der Waals surface area contributed by atoms with Gasteiger partial charge in [0.05, 0.1) is 17.1 Å². The van der Waals surface area contributed by atoms with Crippen LogP contribution in [0.15, 0.2) is 53.9 Å². The van der Waals surface area contributed by atoms with Crippen molar-refractivity contribution in [3.8, 4) is 5.88 Å². The molecule has 0 atom stereocenters. The molecule has 0 aliphatic carbocycles. The van der Waals surface area contributed by atoms with Crippen molar-refractivity contribution in [2.45, 2.75) is 11.8 Å². The summed E-state index contributed by atoms with van der Waals surface area (Å²) in [4.78, 5) is 11.9. The summed E-state index contributed by atoms with van der Waals surface area (Å²) in [6.45, 7) is 1.88. The van der Waals surface area contributed by atoms with Gasteiger partial charge in [0.1, 0.15) is 11.2 Å². The number of benzene rings is 1. The highest BCUT2D eigenvalue weighted by molar-refractivity contribution is 7.87. The van der Waals surface area contributed by atoms with Gasteiger partial charge < -0.3 is 4.18 Å². The molecule has 21 heavy (non-hydrogen) atoms. The predicted octanol–water partition coefficient (Wildman–Crippen LogP) is 2.10. The van der Waals surface area contributed by atoms with Crippen molar-refractivity contribution in [1.82, 2.24) is 15.0 Å². The SMILES string of the molecule is Cc1ccc(S(=O)(=O)Oc2ncnc3cnccc23)cc1. The van der Waals surface area contributed by atoms with Crippen molar-refractivity contribution < 1.29 is 12.6 Å². The van der Waals surface area contributed by atoms with Gasteiger partial charge in [0.2, 0.25) is 5.88 Å². The molecule has 3 aromatic rings. The molecule has 0 spiro atoms. The first-order valence-electron chi connectivity index (χ1n) is 6.12. The molecule has 1 aromatic carbocycles. The molecule has 0 saturated heterocycles. The molecule has 0 N–H and O–H groups in total. The second kappa shape index (κ2) is 5.10. The Hall–Kier alpha value is -2.54. The first-order valence-corrected chi connectivity index (χ1v) is 7.53. The summed E-state index contributed by atoms with van der Waals surface area (Å²) in [5.74, 6) is -0.0111. The van der Waals surface area contributed by atoms with Crippen molar-refractivity contribution in [2.24, 2.45) is 0 Å². The maximum Gasteiger partial charge on any atom is 0.340 e. The van der Waals surface area contributed by atoms with Crippen LogP contribution in [0, 0.1) is 6.92 Å². The molecule has 106 valence electrons. The number of pyridine rings is 1. The number of aryl methyl sites for hydroxylation is 1. The summed E-state index contributed by atoms with van der Waals surface area (Å²) in [5, 5.41) is 0.489. The van der Waals surface area contributed by atoms with Gasteiger partial charge in [0.15, 0.2) is 0 Å². The Labute approximate surface area is 121 Å². The quantitative estimate of drug-likeness (QED) is 0.689. The Morgan fingerprint density at radius 1 is 1.05 bits per heavy atom. The number of rotatable bonds is 3. The Morgan fingerprint density at radius 2 is 1.81 bits per heavy atom. The molecule has 7 heteroatoms. The van der Waals surface area contributed by atoms with Gasteiger partial charge >= 0.3 is 10.1 Å². The lowest BCUT2D eigenvalue weighted by Crippen LogP contribution is -2.11. The molecule has 0 unspecified atom stereocenters. The first kappa shape index (κ1) is 13.4. The second-order valence-electron chi connectivity index (χ2n) is 4.42. The van der Waals surface area contributed by atoms with E-state index >= 15 is 0 Å². The van der Waals surface area contributed by atoms with Crippen LogP contribution in [0.3, 0.4) is 0 Å². The average Bonchev–Trinajstić information content (AvgIpc) is 2.48. The van der Waals surface area contributed by atoms with Gasteiger partial charge in [-0.05, 0) is 25.1 Å². The van der Waals surface area contributed by atoms with Gasteiger partial charge in [0, 0.05) is 6.20 Å². The van der Waals surface area contributed by atoms with E-state index < -0.39 is 10.1 Å². The molecule has 0 aliphatic heterocycles. The highest BCUT2D eigenvalue weighted by atomic mass is 32.2. The lowest BCUT2D eigenvalue weighted by molar-refractivity contribution is 0.479. The van der Waals surface area contributed by atoms with Crippen molar-refractivity contribution in [3.05, 3.63) is 54.6 Å². The molecule has 3 rings (SSSR count). The zero-order chi connectivity index (χ0) is 14.9. The number of hydrogen-bond donors (Lipinski definition) is 0. The van der Waals surface area contributed by atoms with E-state index in [4.69, 9.17) is 4.18 Å². The van der Waals surface area contributed by atoms with E-state index in [9.17, 15) is 8.42 Å². The maximum absolute atomic E-state index is 12.3. The fraction of sp³-hybridized carbons (Fsp3) is 0.0714. The van der Waals surface area contributed by atoms with Crippen LogP contribution in [0.25, 0.3) is 10.9 Å². The number of aromatic nitrogens is 3. The zero-order valence-corrected chi connectivity index (χ0v) is 11.9.